The lowest BCUT2D eigenvalue weighted by atomic mass is 10.1. The molecule has 0 bridgehead atoms. The summed E-state index contributed by atoms with van der Waals surface area (Å²) in [4.78, 5) is 26.7. The zero-order valence-electron chi connectivity index (χ0n) is 17.3. The van der Waals surface area contributed by atoms with Crippen molar-refractivity contribution in [2.24, 2.45) is 5.92 Å². The summed E-state index contributed by atoms with van der Waals surface area (Å²) in [5.41, 5.74) is 0.814. The van der Waals surface area contributed by atoms with Crippen molar-refractivity contribution in [1.82, 2.24) is 4.90 Å². The first-order valence-corrected chi connectivity index (χ1v) is 10.6. The number of nitriles is 1. The second-order valence-electron chi connectivity index (χ2n) is 7.16. The van der Waals surface area contributed by atoms with Crippen molar-refractivity contribution in [2.75, 3.05) is 33.9 Å². The number of carbonyl (C=O) groups is 2. The normalized spacial score (nSPS) is 13.8. The predicted octanol–water partition coefficient (Wildman–Crippen LogP) is 3.44. The number of thiocarbonyl (C=S) groups is 1. The summed E-state index contributed by atoms with van der Waals surface area (Å²) in [7, 11) is 3.77. The van der Waals surface area contributed by atoms with Gasteiger partial charge >= 0.3 is 11.9 Å². The van der Waals surface area contributed by atoms with Crippen molar-refractivity contribution < 1.29 is 19.1 Å². The van der Waals surface area contributed by atoms with Gasteiger partial charge in [-0.05, 0) is 39.9 Å². The summed E-state index contributed by atoms with van der Waals surface area (Å²) in [6, 6.07) is 11.4. The van der Waals surface area contributed by atoms with Crippen LogP contribution in [0.3, 0.4) is 0 Å². The van der Waals surface area contributed by atoms with E-state index in [2.05, 4.69) is 6.07 Å². The molecule has 6 nitrogen and oxygen atoms in total. The molecule has 158 valence electrons. The van der Waals surface area contributed by atoms with Crippen molar-refractivity contribution >= 4 is 40.1 Å². The lowest BCUT2D eigenvalue weighted by Gasteiger charge is -2.27. The summed E-state index contributed by atoms with van der Waals surface area (Å²) < 4.78 is 10.1. The van der Waals surface area contributed by atoms with Gasteiger partial charge in [0, 0.05) is 18.9 Å². The minimum atomic E-state index is -1.17. The molecule has 0 fully saturated rings. The number of benzene rings is 1. The number of nitrogens with zero attached hydrogens (tertiary/aromatic N) is 2. The van der Waals surface area contributed by atoms with E-state index >= 15 is 0 Å². The highest BCUT2D eigenvalue weighted by molar-refractivity contribution is 8.25. The van der Waals surface area contributed by atoms with Gasteiger partial charge < -0.3 is 14.4 Å². The molecule has 1 aromatic carbocycles. The summed E-state index contributed by atoms with van der Waals surface area (Å²) in [6.07, 6.45) is 0.531. The molecule has 2 atom stereocenters. The molecule has 1 rings (SSSR count). The van der Waals surface area contributed by atoms with E-state index in [1.54, 1.807) is 13.8 Å². The minimum absolute atomic E-state index is 0.119. The summed E-state index contributed by atoms with van der Waals surface area (Å²) in [6.45, 7) is 4.06. The van der Waals surface area contributed by atoms with E-state index in [1.807, 2.05) is 49.3 Å². The number of esters is 2. The summed E-state index contributed by atoms with van der Waals surface area (Å²) in [5.74, 6) is -1.17. The van der Waals surface area contributed by atoms with Crippen LogP contribution in [0.1, 0.15) is 32.3 Å². The van der Waals surface area contributed by atoms with Gasteiger partial charge in [-0.2, -0.15) is 5.26 Å². The Bertz CT molecular complexity index is 734. The van der Waals surface area contributed by atoms with E-state index in [1.165, 1.54) is 0 Å². The van der Waals surface area contributed by atoms with Crippen LogP contribution in [0.25, 0.3) is 0 Å². The van der Waals surface area contributed by atoms with Crippen LogP contribution < -0.4 is 0 Å². The number of hydrogen-bond donors (Lipinski definition) is 0. The molecular weight excluding hydrogens is 408 g/mol. The summed E-state index contributed by atoms with van der Waals surface area (Å²) >= 11 is 6.65. The zero-order valence-corrected chi connectivity index (χ0v) is 19.0. The molecule has 2 unspecified atom stereocenters. The number of ether oxygens (including phenoxy) is 2. The van der Waals surface area contributed by atoms with Crippen molar-refractivity contribution in [3.05, 3.63) is 35.9 Å². The van der Waals surface area contributed by atoms with E-state index in [9.17, 15) is 9.59 Å². The topological polar surface area (TPSA) is 79.6 Å². The molecule has 8 heteroatoms. The fraction of sp³-hybridized carbons (Fsp3) is 0.524. The van der Waals surface area contributed by atoms with Gasteiger partial charge in [0.05, 0.1) is 10.3 Å². The zero-order chi connectivity index (χ0) is 21.9. The molecular formula is C21H28N2O4S2. The average Bonchev–Trinajstić information content (AvgIpc) is 2.70. The van der Waals surface area contributed by atoms with Crippen molar-refractivity contribution in [1.29, 1.82) is 5.26 Å². The molecule has 0 heterocycles. The average molecular weight is 437 g/mol. The van der Waals surface area contributed by atoms with Crippen LogP contribution in [0.15, 0.2) is 30.3 Å². The molecule has 0 saturated carbocycles. The largest absolute Gasteiger partial charge is 0.464 e. The maximum absolute atomic E-state index is 12.8. The van der Waals surface area contributed by atoms with Gasteiger partial charge in [0.2, 0.25) is 0 Å². The SMILES string of the molecule is CC(C#N)CCC(=O)OCC(C)(SC(=S)c1ccccc1)C(=O)OCCN(C)C. The Balaban J connectivity index is 2.81. The highest BCUT2D eigenvalue weighted by atomic mass is 32.2. The van der Waals surface area contributed by atoms with Gasteiger partial charge in [0.15, 0.2) is 0 Å². The van der Waals surface area contributed by atoms with Crippen LogP contribution >= 0.6 is 24.0 Å². The molecule has 0 N–H and O–H groups in total. The van der Waals surface area contributed by atoms with Crippen LogP contribution in [0.2, 0.25) is 0 Å². The minimum Gasteiger partial charge on any atom is -0.464 e. The standard InChI is InChI=1S/C21H28N2O4S2/c1-16(14-22)10-11-18(24)27-15-21(2,20(25)26-13-12-23(3)4)29-19(28)17-8-6-5-7-9-17/h5-9,16H,10-13,15H2,1-4H3. The molecule has 0 aliphatic carbocycles. The Morgan fingerprint density at radius 3 is 2.52 bits per heavy atom. The molecule has 1 aromatic rings. The van der Waals surface area contributed by atoms with Gasteiger partial charge in [0.1, 0.15) is 18.0 Å². The molecule has 0 aliphatic heterocycles. The number of rotatable bonds is 11. The maximum Gasteiger partial charge on any atom is 0.325 e. The van der Waals surface area contributed by atoms with Crippen LogP contribution in [-0.4, -0.2) is 59.6 Å². The summed E-state index contributed by atoms with van der Waals surface area (Å²) in [5, 5.41) is 8.82. The first kappa shape index (κ1) is 25.1. The Kier molecular flexibility index (Phi) is 10.9. The Morgan fingerprint density at radius 2 is 1.93 bits per heavy atom. The molecule has 0 radical (unpaired) electrons. The van der Waals surface area contributed by atoms with Crippen LogP contribution in [0, 0.1) is 17.2 Å². The maximum atomic E-state index is 12.8. The third-order valence-corrected chi connectivity index (χ3v) is 5.68. The first-order chi connectivity index (χ1) is 13.7. The van der Waals surface area contributed by atoms with E-state index in [0.29, 0.717) is 17.2 Å². The molecule has 29 heavy (non-hydrogen) atoms. The molecule has 0 saturated heterocycles. The van der Waals surface area contributed by atoms with Gasteiger partial charge in [0.25, 0.3) is 0 Å². The highest BCUT2D eigenvalue weighted by Crippen LogP contribution is 2.31. The van der Waals surface area contributed by atoms with Crippen molar-refractivity contribution in [2.45, 2.75) is 31.4 Å². The van der Waals surface area contributed by atoms with Crippen LogP contribution in [0.5, 0.6) is 0 Å². The number of carbonyl (C=O) groups excluding carboxylic acids is 2. The third kappa shape index (κ3) is 9.39. The van der Waals surface area contributed by atoms with Crippen molar-refractivity contribution in [3.8, 4) is 6.07 Å². The van der Waals surface area contributed by atoms with Gasteiger partial charge in [-0.3, -0.25) is 9.59 Å². The predicted molar refractivity (Wildman–Crippen MR) is 119 cm³/mol. The second kappa shape index (κ2) is 12.6. The second-order valence-corrected chi connectivity index (χ2v) is 9.34. The Hall–Kier alpha value is -1.95. The van der Waals surface area contributed by atoms with Crippen LogP contribution in [0.4, 0.5) is 0 Å². The number of hydrogen-bond acceptors (Lipinski definition) is 8. The smallest absolute Gasteiger partial charge is 0.325 e. The number of likely N-dealkylation sites (N-methyl/N-ethyl adjacent to an activating group) is 1. The Labute approximate surface area is 182 Å². The van der Waals surface area contributed by atoms with E-state index in [0.717, 1.165) is 17.3 Å². The van der Waals surface area contributed by atoms with Gasteiger partial charge in [-0.15, -0.1) is 0 Å². The van der Waals surface area contributed by atoms with E-state index in [4.69, 9.17) is 27.0 Å². The fourth-order valence-electron chi connectivity index (χ4n) is 2.13. The lowest BCUT2D eigenvalue weighted by molar-refractivity contribution is -0.152. The molecule has 0 aromatic heterocycles. The van der Waals surface area contributed by atoms with E-state index < -0.39 is 16.7 Å². The van der Waals surface area contributed by atoms with Crippen LogP contribution in [-0.2, 0) is 19.1 Å². The first-order valence-electron chi connectivity index (χ1n) is 9.33. The monoisotopic (exact) mass is 436 g/mol. The molecule has 0 spiro atoms. The van der Waals surface area contributed by atoms with Crippen molar-refractivity contribution in [3.63, 3.8) is 0 Å². The molecule has 0 amide bonds. The lowest BCUT2D eigenvalue weighted by Crippen LogP contribution is -2.41. The quantitative estimate of drug-likeness (QED) is 0.386. The van der Waals surface area contributed by atoms with E-state index in [-0.39, 0.29) is 25.6 Å². The Morgan fingerprint density at radius 1 is 1.28 bits per heavy atom. The third-order valence-electron chi connectivity index (χ3n) is 4.04. The number of thioether (sulfide) groups is 1. The fourth-order valence-corrected chi connectivity index (χ4v) is 3.74. The highest BCUT2D eigenvalue weighted by Gasteiger charge is 2.39. The van der Waals surface area contributed by atoms with Gasteiger partial charge in [-0.25, -0.2) is 0 Å². The van der Waals surface area contributed by atoms with Gasteiger partial charge in [-0.1, -0.05) is 54.3 Å². The molecule has 0 aliphatic rings.